The van der Waals surface area contributed by atoms with Crippen molar-refractivity contribution in [1.29, 1.82) is 0 Å². The van der Waals surface area contributed by atoms with Crippen LogP contribution in [-0.2, 0) is 6.42 Å². The summed E-state index contributed by atoms with van der Waals surface area (Å²) in [6, 6.07) is 5.73. The van der Waals surface area contributed by atoms with E-state index in [4.69, 9.17) is 0 Å². The van der Waals surface area contributed by atoms with Gasteiger partial charge in [-0.3, -0.25) is 0 Å². The molecule has 2 aliphatic rings. The van der Waals surface area contributed by atoms with Gasteiger partial charge in [0.15, 0.2) is 0 Å². The first-order chi connectivity index (χ1) is 9.19. The van der Waals surface area contributed by atoms with Crippen LogP contribution in [0, 0.1) is 23.6 Å². The van der Waals surface area contributed by atoms with Crippen molar-refractivity contribution in [1.82, 2.24) is 5.32 Å². The van der Waals surface area contributed by atoms with Crippen LogP contribution in [0.1, 0.15) is 31.2 Å². The number of halogens is 2. The summed E-state index contributed by atoms with van der Waals surface area (Å²) in [5, 5.41) is 3.47. The summed E-state index contributed by atoms with van der Waals surface area (Å²) in [7, 11) is 2.04. The molecule has 19 heavy (non-hydrogen) atoms. The number of benzene rings is 1. The highest BCUT2D eigenvalue weighted by molar-refractivity contribution is 9.10. The van der Waals surface area contributed by atoms with E-state index in [2.05, 4.69) is 21.2 Å². The van der Waals surface area contributed by atoms with E-state index < -0.39 is 0 Å². The Labute approximate surface area is 123 Å². The molecule has 1 nitrogen and oxygen atoms in total. The Hall–Kier alpha value is -0.410. The highest BCUT2D eigenvalue weighted by Gasteiger charge is 2.53. The summed E-state index contributed by atoms with van der Waals surface area (Å²) < 4.78 is 14.3. The van der Waals surface area contributed by atoms with Crippen molar-refractivity contribution < 1.29 is 4.39 Å². The molecule has 1 aromatic rings. The van der Waals surface area contributed by atoms with Gasteiger partial charge in [-0.25, -0.2) is 4.39 Å². The number of hydrogen-bond donors (Lipinski definition) is 1. The maximum Gasteiger partial charge on any atom is 0.124 e. The van der Waals surface area contributed by atoms with E-state index in [0.717, 1.165) is 34.2 Å². The molecular formula is C16H21BrFN. The number of nitrogens with one attached hydrogen (secondary N) is 1. The molecule has 0 saturated heterocycles. The summed E-state index contributed by atoms with van der Waals surface area (Å²) in [4.78, 5) is 0. The van der Waals surface area contributed by atoms with E-state index in [0.29, 0.717) is 6.04 Å². The van der Waals surface area contributed by atoms with Crippen LogP contribution in [0.25, 0.3) is 0 Å². The summed E-state index contributed by atoms with van der Waals surface area (Å²) >= 11 is 3.38. The van der Waals surface area contributed by atoms with Gasteiger partial charge in [-0.15, -0.1) is 0 Å². The normalized spacial score (nSPS) is 30.8. The van der Waals surface area contributed by atoms with Crippen molar-refractivity contribution in [2.24, 2.45) is 17.8 Å². The first-order valence-corrected chi connectivity index (χ1v) is 8.10. The highest BCUT2D eigenvalue weighted by atomic mass is 79.9. The van der Waals surface area contributed by atoms with Crippen LogP contribution in [0.2, 0.25) is 0 Å². The molecule has 3 atom stereocenters. The fourth-order valence-electron chi connectivity index (χ4n) is 4.06. The summed E-state index contributed by atoms with van der Waals surface area (Å²) in [6.07, 6.45) is 6.55. The molecule has 0 spiro atoms. The van der Waals surface area contributed by atoms with Gasteiger partial charge >= 0.3 is 0 Å². The zero-order valence-electron chi connectivity index (χ0n) is 11.3. The van der Waals surface area contributed by atoms with E-state index in [1.54, 1.807) is 6.07 Å². The fourth-order valence-corrected chi connectivity index (χ4v) is 4.57. The Morgan fingerprint density at radius 1 is 1.26 bits per heavy atom. The Bertz CT molecular complexity index is 430. The van der Waals surface area contributed by atoms with Crippen LogP contribution in [0.4, 0.5) is 4.39 Å². The van der Waals surface area contributed by atoms with E-state index in [-0.39, 0.29) is 5.82 Å². The lowest BCUT2D eigenvalue weighted by molar-refractivity contribution is 0.459. The summed E-state index contributed by atoms with van der Waals surface area (Å²) in [5.41, 5.74) is 1.09. The summed E-state index contributed by atoms with van der Waals surface area (Å²) in [5.74, 6) is 2.54. The van der Waals surface area contributed by atoms with Crippen molar-refractivity contribution in [2.75, 3.05) is 7.05 Å². The third-order valence-corrected chi connectivity index (χ3v) is 5.39. The second-order valence-electron chi connectivity index (χ2n) is 6.07. The van der Waals surface area contributed by atoms with Crippen molar-refractivity contribution in [2.45, 2.75) is 38.1 Å². The standard InChI is InChI=1S/C16H21BrFN/c1-19-15(16-13-4-2-3-5-14(13)16)8-10-6-11(17)9-12(18)7-10/h6-7,9,13-16,19H,2-5,8H2,1H3. The molecule has 0 aliphatic heterocycles. The quantitative estimate of drug-likeness (QED) is 0.876. The Morgan fingerprint density at radius 2 is 1.95 bits per heavy atom. The third kappa shape index (κ3) is 2.87. The Balaban J connectivity index is 1.70. The molecule has 2 aliphatic carbocycles. The molecule has 0 aromatic heterocycles. The van der Waals surface area contributed by atoms with E-state index in [1.165, 1.54) is 31.7 Å². The molecule has 1 aromatic carbocycles. The fraction of sp³-hybridized carbons (Fsp3) is 0.625. The highest BCUT2D eigenvalue weighted by Crippen LogP contribution is 2.57. The van der Waals surface area contributed by atoms with Crippen LogP contribution in [0.3, 0.4) is 0 Å². The van der Waals surface area contributed by atoms with Gasteiger partial charge in [-0.1, -0.05) is 28.8 Å². The van der Waals surface area contributed by atoms with Crippen molar-refractivity contribution >= 4 is 15.9 Å². The second-order valence-corrected chi connectivity index (χ2v) is 6.98. The van der Waals surface area contributed by atoms with E-state index in [9.17, 15) is 4.39 Å². The third-order valence-electron chi connectivity index (χ3n) is 4.94. The molecule has 3 unspecified atom stereocenters. The zero-order valence-corrected chi connectivity index (χ0v) is 12.9. The number of fused-ring (bicyclic) bond motifs is 1. The topological polar surface area (TPSA) is 12.0 Å². The minimum absolute atomic E-state index is 0.146. The molecule has 3 rings (SSSR count). The van der Waals surface area contributed by atoms with Crippen LogP contribution < -0.4 is 5.32 Å². The van der Waals surface area contributed by atoms with Gasteiger partial charge in [0.05, 0.1) is 0 Å². The first-order valence-electron chi connectivity index (χ1n) is 7.31. The van der Waals surface area contributed by atoms with Crippen LogP contribution in [0.15, 0.2) is 22.7 Å². The van der Waals surface area contributed by atoms with Gasteiger partial charge < -0.3 is 5.32 Å². The SMILES string of the molecule is CNC(Cc1cc(F)cc(Br)c1)C1C2CCCCC21. The predicted molar refractivity (Wildman–Crippen MR) is 79.6 cm³/mol. The zero-order chi connectivity index (χ0) is 13.4. The largest absolute Gasteiger partial charge is 0.316 e. The maximum atomic E-state index is 13.4. The number of likely N-dealkylation sites (N-methyl/N-ethyl adjacent to an activating group) is 1. The lowest BCUT2D eigenvalue weighted by atomic mass is 10.00. The Morgan fingerprint density at radius 3 is 2.53 bits per heavy atom. The Kier molecular flexibility index (Phi) is 3.95. The molecule has 0 bridgehead atoms. The first kappa shape index (κ1) is 13.6. The lowest BCUT2D eigenvalue weighted by Crippen LogP contribution is -2.31. The van der Waals surface area contributed by atoms with Gasteiger partial charge in [0.2, 0.25) is 0 Å². The molecule has 0 heterocycles. The van der Waals surface area contributed by atoms with Gasteiger partial charge in [-0.2, -0.15) is 0 Å². The molecular weight excluding hydrogens is 305 g/mol. The van der Waals surface area contributed by atoms with Gasteiger partial charge in [0, 0.05) is 10.5 Å². The van der Waals surface area contributed by atoms with Crippen LogP contribution in [0.5, 0.6) is 0 Å². The molecule has 2 saturated carbocycles. The van der Waals surface area contributed by atoms with Gasteiger partial charge in [0.25, 0.3) is 0 Å². The van der Waals surface area contributed by atoms with Gasteiger partial charge in [-0.05, 0) is 67.8 Å². The van der Waals surface area contributed by atoms with E-state index in [1.807, 2.05) is 13.1 Å². The number of hydrogen-bond acceptors (Lipinski definition) is 1. The minimum atomic E-state index is -0.146. The second kappa shape index (κ2) is 5.53. The average molecular weight is 326 g/mol. The van der Waals surface area contributed by atoms with Crippen LogP contribution >= 0.6 is 15.9 Å². The minimum Gasteiger partial charge on any atom is -0.316 e. The van der Waals surface area contributed by atoms with Crippen molar-refractivity contribution in [3.05, 3.63) is 34.1 Å². The van der Waals surface area contributed by atoms with Gasteiger partial charge in [0.1, 0.15) is 5.82 Å². The van der Waals surface area contributed by atoms with Crippen molar-refractivity contribution in [3.8, 4) is 0 Å². The monoisotopic (exact) mass is 325 g/mol. The average Bonchev–Trinajstić information content (AvgIpc) is 3.09. The van der Waals surface area contributed by atoms with Crippen molar-refractivity contribution in [3.63, 3.8) is 0 Å². The molecule has 2 fully saturated rings. The molecule has 3 heteroatoms. The molecule has 104 valence electrons. The maximum absolute atomic E-state index is 13.4. The number of rotatable bonds is 4. The predicted octanol–water partition coefficient (Wildman–Crippen LogP) is 4.15. The van der Waals surface area contributed by atoms with Crippen LogP contribution in [-0.4, -0.2) is 13.1 Å². The molecule has 0 radical (unpaired) electrons. The molecule has 0 amide bonds. The summed E-state index contributed by atoms with van der Waals surface area (Å²) in [6.45, 7) is 0. The smallest absolute Gasteiger partial charge is 0.124 e. The molecule has 1 N–H and O–H groups in total. The lowest BCUT2D eigenvalue weighted by Gasteiger charge is -2.17. The van der Waals surface area contributed by atoms with E-state index >= 15 is 0 Å².